The normalized spacial score (nSPS) is 11.8. The Bertz CT molecular complexity index is 533. The molecule has 0 aliphatic carbocycles. The minimum Gasteiger partial charge on any atom is -0.350 e. The fourth-order valence-electron chi connectivity index (χ4n) is 1.45. The molecule has 0 saturated heterocycles. The number of nitrogens with one attached hydrogen (secondary N) is 2. The number of H-pyrrole nitrogens is 1. The SMILES string of the molecule is CCc1[nH]nc(C(=O)NCC(C)C)c1S(N)(=O)=O. The summed E-state index contributed by atoms with van der Waals surface area (Å²) in [7, 11) is -3.97. The molecule has 0 spiro atoms. The molecule has 0 unspecified atom stereocenters. The zero-order valence-corrected chi connectivity index (χ0v) is 11.5. The molecule has 1 rings (SSSR count). The van der Waals surface area contributed by atoms with Gasteiger partial charge < -0.3 is 5.32 Å². The molecule has 0 aromatic carbocycles. The molecule has 0 radical (unpaired) electrons. The zero-order valence-electron chi connectivity index (χ0n) is 10.6. The second-order valence-electron chi connectivity index (χ2n) is 4.38. The summed E-state index contributed by atoms with van der Waals surface area (Å²) in [5, 5.41) is 14.0. The van der Waals surface area contributed by atoms with Crippen molar-refractivity contribution in [2.24, 2.45) is 11.1 Å². The predicted molar refractivity (Wildman–Crippen MR) is 66.5 cm³/mol. The minimum absolute atomic E-state index is 0.171. The summed E-state index contributed by atoms with van der Waals surface area (Å²) in [6, 6.07) is 0. The van der Waals surface area contributed by atoms with E-state index in [0.717, 1.165) is 0 Å². The van der Waals surface area contributed by atoms with E-state index >= 15 is 0 Å². The maximum Gasteiger partial charge on any atom is 0.273 e. The number of primary sulfonamides is 1. The maximum absolute atomic E-state index is 11.8. The van der Waals surface area contributed by atoms with Crippen LogP contribution in [0.1, 0.15) is 37.0 Å². The highest BCUT2D eigenvalue weighted by Crippen LogP contribution is 2.17. The first-order chi connectivity index (χ1) is 8.27. The lowest BCUT2D eigenvalue weighted by atomic mass is 10.2. The highest BCUT2D eigenvalue weighted by molar-refractivity contribution is 7.89. The van der Waals surface area contributed by atoms with Gasteiger partial charge in [0.05, 0.1) is 5.69 Å². The summed E-state index contributed by atoms with van der Waals surface area (Å²) < 4.78 is 22.9. The Kier molecular flexibility index (Phi) is 4.47. The van der Waals surface area contributed by atoms with E-state index in [9.17, 15) is 13.2 Å². The van der Waals surface area contributed by atoms with Gasteiger partial charge in [0.15, 0.2) is 5.69 Å². The Hall–Kier alpha value is -1.41. The topological polar surface area (TPSA) is 118 Å². The second kappa shape index (κ2) is 5.49. The molecule has 18 heavy (non-hydrogen) atoms. The number of nitrogens with two attached hydrogens (primary N) is 1. The van der Waals surface area contributed by atoms with Crippen molar-refractivity contribution in [2.75, 3.05) is 6.54 Å². The van der Waals surface area contributed by atoms with Gasteiger partial charge in [0.1, 0.15) is 4.90 Å². The average molecular weight is 274 g/mol. The van der Waals surface area contributed by atoms with Crippen LogP contribution in [-0.2, 0) is 16.4 Å². The average Bonchev–Trinajstić information content (AvgIpc) is 2.68. The van der Waals surface area contributed by atoms with Crippen LogP contribution < -0.4 is 10.5 Å². The van der Waals surface area contributed by atoms with Crippen molar-refractivity contribution in [3.63, 3.8) is 0 Å². The van der Waals surface area contributed by atoms with E-state index in [1.54, 1.807) is 6.92 Å². The third-order valence-electron chi connectivity index (χ3n) is 2.32. The van der Waals surface area contributed by atoms with E-state index < -0.39 is 15.9 Å². The molecule has 1 amide bonds. The predicted octanol–water partition coefficient (Wildman–Crippen LogP) is 0.00530. The molecule has 0 atom stereocenters. The van der Waals surface area contributed by atoms with Crippen molar-refractivity contribution in [3.05, 3.63) is 11.4 Å². The smallest absolute Gasteiger partial charge is 0.273 e. The number of hydrogen-bond donors (Lipinski definition) is 3. The summed E-state index contributed by atoms with van der Waals surface area (Å²) in [6.45, 7) is 6.06. The molecule has 0 bridgehead atoms. The van der Waals surface area contributed by atoms with Gasteiger partial charge in [-0.05, 0) is 12.3 Å². The van der Waals surface area contributed by atoms with Gasteiger partial charge in [-0.1, -0.05) is 20.8 Å². The summed E-state index contributed by atoms with van der Waals surface area (Å²) in [5.74, 6) is -0.278. The van der Waals surface area contributed by atoms with Crippen molar-refractivity contribution in [1.82, 2.24) is 15.5 Å². The van der Waals surface area contributed by atoms with E-state index in [0.29, 0.717) is 18.7 Å². The highest BCUT2D eigenvalue weighted by atomic mass is 32.2. The van der Waals surface area contributed by atoms with Gasteiger partial charge in [-0.25, -0.2) is 13.6 Å². The molecule has 0 saturated carbocycles. The van der Waals surface area contributed by atoms with Gasteiger partial charge in [-0.3, -0.25) is 9.89 Å². The van der Waals surface area contributed by atoms with Crippen LogP contribution in [0.3, 0.4) is 0 Å². The summed E-state index contributed by atoms with van der Waals surface area (Å²) >= 11 is 0. The number of aryl methyl sites for hydroxylation is 1. The molecule has 102 valence electrons. The number of aromatic amines is 1. The zero-order chi connectivity index (χ0) is 13.9. The number of sulfonamides is 1. The lowest BCUT2D eigenvalue weighted by Crippen LogP contribution is -2.29. The van der Waals surface area contributed by atoms with Gasteiger partial charge in [0.2, 0.25) is 10.0 Å². The third kappa shape index (κ3) is 3.30. The Balaban J connectivity index is 3.10. The molecule has 1 heterocycles. The summed E-state index contributed by atoms with van der Waals surface area (Å²) in [5.41, 5.74) is 0.169. The van der Waals surface area contributed by atoms with Crippen molar-refractivity contribution in [1.29, 1.82) is 0 Å². The van der Waals surface area contributed by atoms with Crippen molar-refractivity contribution < 1.29 is 13.2 Å². The highest BCUT2D eigenvalue weighted by Gasteiger charge is 2.26. The number of aromatic nitrogens is 2. The van der Waals surface area contributed by atoms with E-state index in [1.807, 2.05) is 13.8 Å². The van der Waals surface area contributed by atoms with Gasteiger partial charge in [-0.15, -0.1) is 0 Å². The molecule has 8 heteroatoms. The second-order valence-corrected chi connectivity index (χ2v) is 5.88. The van der Waals surface area contributed by atoms with Crippen LogP contribution >= 0.6 is 0 Å². The van der Waals surface area contributed by atoms with E-state index in [1.165, 1.54) is 0 Å². The molecule has 1 aromatic rings. The van der Waals surface area contributed by atoms with Crippen LogP contribution in [0.5, 0.6) is 0 Å². The van der Waals surface area contributed by atoms with Crippen LogP contribution in [0.25, 0.3) is 0 Å². The van der Waals surface area contributed by atoms with Gasteiger partial charge >= 0.3 is 0 Å². The van der Waals surface area contributed by atoms with Crippen molar-refractivity contribution >= 4 is 15.9 Å². The van der Waals surface area contributed by atoms with E-state index in [4.69, 9.17) is 5.14 Å². The van der Waals surface area contributed by atoms with Crippen LogP contribution in [0.2, 0.25) is 0 Å². The quantitative estimate of drug-likeness (QED) is 0.700. The van der Waals surface area contributed by atoms with E-state index in [2.05, 4.69) is 15.5 Å². The number of hydrogen-bond acceptors (Lipinski definition) is 4. The van der Waals surface area contributed by atoms with E-state index in [-0.39, 0.29) is 16.5 Å². The fourth-order valence-corrected chi connectivity index (χ4v) is 2.39. The third-order valence-corrected chi connectivity index (χ3v) is 3.32. The number of amides is 1. The van der Waals surface area contributed by atoms with Crippen LogP contribution in [-0.4, -0.2) is 31.1 Å². The molecule has 0 aliphatic heterocycles. The Morgan fingerprint density at radius 2 is 2.11 bits per heavy atom. The van der Waals surface area contributed by atoms with Crippen molar-refractivity contribution in [2.45, 2.75) is 32.1 Å². The van der Waals surface area contributed by atoms with Crippen molar-refractivity contribution in [3.8, 4) is 0 Å². The number of carbonyl (C=O) groups is 1. The number of rotatable bonds is 5. The van der Waals surface area contributed by atoms with Crippen LogP contribution in [0.15, 0.2) is 4.90 Å². The first-order valence-corrected chi connectivity index (χ1v) is 7.20. The standard InChI is InChI=1S/C10H18N4O3S/c1-4-7-9(18(11,16)17)8(14-13-7)10(15)12-5-6(2)3/h6H,4-5H2,1-3H3,(H,12,15)(H,13,14)(H2,11,16,17). The summed E-state index contributed by atoms with van der Waals surface area (Å²) in [6.07, 6.45) is 0.399. The molecule has 7 nitrogen and oxygen atoms in total. The molecule has 0 aliphatic rings. The van der Waals surface area contributed by atoms with Gasteiger partial charge in [-0.2, -0.15) is 5.10 Å². The van der Waals surface area contributed by atoms with Crippen LogP contribution in [0.4, 0.5) is 0 Å². The summed E-state index contributed by atoms with van der Waals surface area (Å²) in [4.78, 5) is 11.6. The first kappa shape index (κ1) is 14.7. The maximum atomic E-state index is 11.8. The molecular formula is C10H18N4O3S. The molecular weight excluding hydrogens is 256 g/mol. The van der Waals surface area contributed by atoms with Gasteiger partial charge in [0, 0.05) is 6.54 Å². The molecule has 1 aromatic heterocycles. The largest absolute Gasteiger partial charge is 0.350 e. The fraction of sp³-hybridized carbons (Fsp3) is 0.600. The Morgan fingerprint density at radius 1 is 1.50 bits per heavy atom. The monoisotopic (exact) mass is 274 g/mol. The molecule has 4 N–H and O–H groups in total. The first-order valence-electron chi connectivity index (χ1n) is 5.65. The minimum atomic E-state index is -3.97. The Morgan fingerprint density at radius 3 is 2.56 bits per heavy atom. The van der Waals surface area contributed by atoms with Crippen LogP contribution in [0, 0.1) is 5.92 Å². The number of nitrogens with zero attached hydrogens (tertiary/aromatic N) is 1. The lowest BCUT2D eigenvalue weighted by molar-refractivity contribution is 0.0940. The number of carbonyl (C=O) groups excluding carboxylic acids is 1. The molecule has 0 fully saturated rings. The Labute approximate surface area is 106 Å². The van der Waals surface area contributed by atoms with Gasteiger partial charge in [0.25, 0.3) is 5.91 Å². The lowest BCUT2D eigenvalue weighted by Gasteiger charge is -2.07.